The van der Waals surface area contributed by atoms with Crippen molar-refractivity contribution in [1.82, 2.24) is 25.1 Å². The van der Waals surface area contributed by atoms with E-state index >= 15 is 0 Å². The molecule has 2 amide bonds. The summed E-state index contributed by atoms with van der Waals surface area (Å²) in [4.78, 5) is 24.9. The third-order valence-electron chi connectivity index (χ3n) is 4.40. The van der Waals surface area contributed by atoms with Crippen molar-refractivity contribution in [3.63, 3.8) is 0 Å². The van der Waals surface area contributed by atoms with Crippen molar-refractivity contribution >= 4 is 6.03 Å². The number of aromatic nitrogens is 2. The van der Waals surface area contributed by atoms with Gasteiger partial charge in [-0.05, 0) is 25.8 Å². The zero-order chi connectivity index (χ0) is 16.1. The first-order valence-corrected chi connectivity index (χ1v) is 8.36. The highest BCUT2D eigenvalue weighted by Crippen LogP contribution is 2.14. The maximum Gasteiger partial charge on any atom is 0.317 e. The summed E-state index contributed by atoms with van der Waals surface area (Å²) in [7, 11) is 0. The Labute approximate surface area is 137 Å². The predicted molar refractivity (Wildman–Crippen MR) is 86.0 cm³/mol. The zero-order valence-corrected chi connectivity index (χ0v) is 13.7. The van der Waals surface area contributed by atoms with Gasteiger partial charge in [0.25, 0.3) is 0 Å². The zero-order valence-electron chi connectivity index (χ0n) is 13.7. The van der Waals surface area contributed by atoms with Gasteiger partial charge < -0.3 is 15.0 Å². The number of ether oxygens (including phenoxy) is 1. The summed E-state index contributed by atoms with van der Waals surface area (Å²) in [6.07, 6.45) is 4.44. The normalized spacial score (nSPS) is 22.3. The molecular formula is C16H25N5O2. The van der Waals surface area contributed by atoms with Crippen molar-refractivity contribution in [3.8, 4) is 0 Å². The maximum atomic E-state index is 12.2. The van der Waals surface area contributed by atoms with Crippen LogP contribution in [0.25, 0.3) is 0 Å². The Kier molecular flexibility index (Phi) is 5.40. The first-order valence-electron chi connectivity index (χ1n) is 8.36. The van der Waals surface area contributed by atoms with Crippen molar-refractivity contribution in [2.45, 2.75) is 32.4 Å². The first-order chi connectivity index (χ1) is 11.2. The number of carbonyl (C=O) groups excluding carboxylic acids is 1. The molecule has 0 radical (unpaired) electrons. The van der Waals surface area contributed by atoms with Gasteiger partial charge in [-0.3, -0.25) is 4.90 Å². The number of nitrogens with zero attached hydrogens (tertiary/aromatic N) is 4. The van der Waals surface area contributed by atoms with Gasteiger partial charge in [-0.15, -0.1) is 0 Å². The minimum Gasteiger partial charge on any atom is -0.377 e. The van der Waals surface area contributed by atoms with Gasteiger partial charge >= 0.3 is 6.03 Å². The lowest BCUT2D eigenvalue weighted by Gasteiger charge is -2.35. The molecule has 0 saturated carbocycles. The SMILES string of the molecule is Cc1nccc(CNC(=O)N2CCN(CC3CCCO3)CC2)n1. The maximum absolute atomic E-state index is 12.2. The van der Waals surface area contributed by atoms with E-state index < -0.39 is 0 Å². The molecule has 1 unspecified atom stereocenters. The lowest BCUT2D eigenvalue weighted by atomic mass is 10.2. The second kappa shape index (κ2) is 7.70. The van der Waals surface area contributed by atoms with Crippen molar-refractivity contribution in [3.05, 3.63) is 23.8 Å². The average molecular weight is 319 g/mol. The van der Waals surface area contributed by atoms with Gasteiger partial charge in [0.05, 0.1) is 18.3 Å². The summed E-state index contributed by atoms with van der Waals surface area (Å²) in [5.41, 5.74) is 0.836. The van der Waals surface area contributed by atoms with Crippen LogP contribution in [0.3, 0.4) is 0 Å². The minimum atomic E-state index is -0.0157. The molecule has 1 N–H and O–H groups in total. The molecule has 126 valence electrons. The van der Waals surface area contributed by atoms with E-state index in [-0.39, 0.29) is 6.03 Å². The molecule has 3 rings (SSSR count). The molecule has 0 aliphatic carbocycles. The van der Waals surface area contributed by atoms with Gasteiger partial charge in [0.2, 0.25) is 0 Å². The molecule has 2 fully saturated rings. The van der Waals surface area contributed by atoms with E-state index in [1.165, 1.54) is 12.8 Å². The lowest BCUT2D eigenvalue weighted by Crippen LogP contribution is -2.52. The van der Waals surface area contributed by atoms with Gasteiger partial charge in [0, 0.05) is 45.5 Å². The van der Waals surface area contributed by atoms with Crippen LogP contribution in [0.4, 0.5) is 4.79 Å². The molecule has 2 aliphatic heterocycles. The third-order valence-corrected chi connectivity index (χ3v) is 4.40. The van der Waals surface area contributed by atoms with Gasteiger partial charge in [-0.2, -0.15) is 0 Å². The number of nitrogens with one attached hydrogen (secondary N) is 1. The third kappa shape index (κ3) is 4.62. The second-order valence-corrected chi connectivity index (χ2v) is 6.18. The molecular weight excluding hydrogens is 294 g/mol. The smallest absolute Gasteiger partial charge is 0.317 e. The van der Waals surface area contributed by atoms with Crippen LogP contribution in [-0.4, -0.2) is 71.2 Å². The largest absolute Gasteiger partial charge is 0.377 e. The number of aryl methyl sites for hydroxylation is 1. The van der Waals surface area contributed by atoms with Crippen LogP contribution in [0.15, 0.2) is 12.3 Å². The van der Waals surface area contributed by atoms with Crippen LogP contribution >= 0.6 is 0 Å². The Balaban J connectivity index is 1.39. The van der Waals surface area contributed by atoms with Crippen LogP contribution in [-0.2, 0) is 11.3 Å². The molecule has 3 heterocycles. The van der Waals surface area contributed by atoms with Crippen molar-refractivity contribution < 1.29 is 9.53 Å². The van der Waals surface area contributed by atoms with Crippen LogP contribution < -0.4 is 5.32 Å². The van der Waals surface area contributed by atoms with Crippen molar-refractivity contribution in [1.29, 1.82) is 0 Å². The molecule has 0 aromatic carbocycles. The Morgan fingerprint density at radius 3 is 2.91 bits per heavy atom. The van der Waals surface area contributed by atoms with Crippen LogP contribution in [0, 0.1) is 6.92 Å². The van der Waals surface area contributed by atoms with E-state index in [1.807, 2.05) is 17.9 Å². The molecule has 0 spiro atoms. The fourth-order valence-corrected chi connectivity index (χ4v) is 3.09. The molecule has 7 nitrogen and oxygen atoms in total. The molecule has 7 heteroatoms. The van der Waals surface area contributed by atoms with Crippen molar-refractivity contribution in [2.24, 2.45) is 0 Å². The molecule has 2 saturated heterocycles. The van der Waals surface area contributed by atoms with E-state index in [0.29, 0.717) is 12.6 Å². The topological polar surface area (TPSA) is 70.6 Å². The summed E-state index contributed by atoms with van der Waals surface area (Å²) in [6, 6.07) is 1.81. The number of carbonyl (C=O) groups is 1. The van der Waals surface area contributed by atoms with Crippen LogP contribution in [0.1, 0.15) is 24.4 Å². The Morgan fingerprint density at radius 1 is 1.39 bits per heavy atom. The van der Waals surface area contributed by atoms with E-state index in [4.69, 9.17) is 4.74 Å². The summed E-state index contributed by atoms with van der Waals surface area (Å²) >= 11 is 0. The fraction of sp³-hybridized carbons (Fsp3) is 0.688. The highest BCUT2D eigenvalue weighted by molar-refractivity contribution is 5.74. The van der Waals surface area contributed by atoms with E-state index in [2.05, 4.69) is 20.2 Å². The Morgan fingerprint density at radius 2 is 2.22 bits per heavy atom. The number of amides is 2. The molecule has 1 aromatic heterocycles. The number of urea groups is 1. The quantitative estimate of drug-likeness (QED) is 0.888. The number of hydrogen-bond donors (Lipinski definition) is 1. The number of piperazine rings is 1. The Hall–Kier alpha value is -1.73. The lowest BCUT2D eigenvalue weighted by molar-refractivity contribution is 0.0561. The van der Waals surface area contributed by atoms with E-state index in [1.54, 1.807) is 6.20 Å². The summed E-state index contributed by atoms with van der Waals surface area (Å²) in [5.74, 6) is 0.722. The standard InChI is InChI=1S/C16H25N5O2/c1-13-17-5-4-14(19-13)11-18-16(22)21-8-6-20(7-9-21)12-15-3-2-10-23-15/h4-5,15H,2-3,6-12H2,1H3,(H,18,22). The van der Waals surface area contributed by atoms with Crippen LogP contribution in [0.5, 0.6) is 0 Å². The van der Waals surface area contributed by atoms with E-state index in [0.717, 1.165) is 50.8 Å². The van der Waals surface area contributed by atoms with E-state index in [9.17, 15) is 4.79 Å². The highest BCUT2D eigenvalue weighted by Gasteiger charge is 2.24. The molecule has 23 heavy (non-hydrogen) atoms. The Bertz CT molecular complexity index is 525. The summed E-state index contributed by atoms with van der Waals surface area (Å²) in [6.45, 7) is 7.55. The minimum absolute atomic E-state index is 0.0157. The average Bonchev–Trinajstić information content (AvgIpc) is 3.06. The first kappa shape index (κ1) is 16.1. The second-order valence-electron chi connectivity index (χ2n) is 6.18. The summed E-state index contributed by atoms with van der Waals surface area (Å²) < 4.78 is 5.68. The number of hydrogen-bond acceptors (Lipinski definition) is 5. The van der Waals surface area contributed by atoms with Crippen LogP contribution in [0.2, 0.25) is 0 Å². The molecule has 1 aromatic rings. The monoisotopic (exact) mass is 319 g/mol. The molecule has 2 aliphatic rings. The van der Waals surface area contributed by atoms with Gasteiger partial charge in [-0.25, -0.2) is 14.8 Å². The molecule has 0 bridgehead atoms. The highest BCUT2D eigenvalue weighted by atomic mass is 16.5. The van der Waals surface area contributed by atoms with Gasteiger partial charge in [-0.1, -0.05) is 0 Å². The predicted octanol–water partition coefficient (Wildman–Crippen LogP) is 0.791. The van der Waals surface area contributed by atoms with Gasteiger partial charge in [0.1, 0.15) is 5.82 Å². The van der Waals surface area contributed by atoms with Gasteiger partial charge in [0.15, 0.2) is 0 Å². The molecule has 1 atom stereocenters. The fourth-order valence-electron chi connectivity index (χ4n) is 3.09. The van der Waals surface area contributed by atoms with Crippen molar-refractivity contribution in [2.75, 3.05) is 39.3 Å². The number of rotatable bonds is 4. The summed E-state index contributed by atoms with van der Waals surface area (Å²) in [5, 5.41) is 2.94.